The molecule has 2 fully saturated rings. The van der Waals surface area contributed by atoms with E-state index in [4.69, 9.17) is 0 Å². The van der Waals surface area contributed by atoms with E-state index in [1.54, 1.807) is 18.3 Å². The van der Waals surface area contributed by atoms with Crippen molar-refractivity contribution in [2.24, 2.45) is 0 Å². The van der Waals surface area contributed by atoms with Crippen LogP contribution < -0.4 is 5.32 Å². The van der Waals surface area contributed by atoms with Crippen LogP contribution in [0.15, 0.2) is 30.5 Å². The number of amides is 3. The molecule has 1 aliphatic heterocycles. The predicted molar refractivity (Wildman–Crippen MR) is 86.2 cm³/mol. The van der Waals surface area contributed by atoms with Gasteiger partial charge in [0.25, 0.3) is 5.91 Å². The first-order chi connectivity index (χ1) is 12.1. The summed E-state index contributed by atoms with van der Waals surface area (Å²) in [6.45, 7) is 0.0770. The molecule has 1 aliphatic carbocycles. The number of halogens is 1. The number of nitrogens with zero attached hydrogens (tertiary/aromatic N) is 4. The minimum absolute atomic E-state index is 0.0770. The maximum Gasteiger partial charge on any atom is 0.325 e. The van der Waals surface area contributed by atoms with Crippen molar-refractivity contribution in [3.8, 4) is 5.69 Å². The first-order valence-electron chi connectivity index (χ1n) is 8.39. The summed E-state index contributed by atoms with van der Waals surface area (Å²) in [5.74, 6) is -0.505. The van der Waals surface area contributed by atoms with E-state index < -0.39 is 5.54 Å². The second-order valence-electron chi connectivity index (χ2n) is 6.60. The van der Waals surface area contributed by atoms with Crippen LogP contribution in [-0.4, -0.2) is 37.4 Å². The lowest BCUT2D eigenvalue weighted by Crippen LogP contribution is -2.48. The van der Waals surface area contributed by atoms with Gasteiger partial charge in [-0.25, -0.2) is 13.9 Å². The number of nitrogens with one attached hydrogen (secondary N) is 1. The molecule has 7 nitrogen and oxygen atoms in total. The Morgan fingerprint density at radius 2 is 1.84 bits per heavy atom. The molecule has 1 aromatic carbocycles. The third kappa shape index (κ3) is 2.77. The fourth-order valence-corrected chi connectivity index (χ4v) is 3.57. The van der Waals surface area contributed by atoms with Gasteiger partial charge in [0.2, 0.25) is 0 Å². The minimum Gasteiger partial charge on any atom is -0.323 e. The van der Waals surface area contributed by atoms with E-state index in [0.29, 0.717) is 24.2 Å². The van der Waals surface area contributed by atoms with Crippen molar-refractivity contribution in [1.29, 1.82) is 0 Å². The van der Waals surface area contributed by atoms with Gasteiger partial charge in [-0.2, -0.15) is 0 Å². The number of imide groups is 1. The molecular weight excluding hydrogens is 325 g/mol. The standard InChI is InChI=1S/C17H18FN5O2/c18-12-4-6-14(7-5-12)23-11-13(20-21-23)10-22-15(24)17(19-16(22)25)8-2-1-3-9-17/h4-7,11H,1-3,8-10H2,(H,19,25). The van der Waals surface area contributed by atoms with Crippen molar-refractivity contribution in [2.75, 3.05) is 0 Å². The Bertz CT molecular complexity index is 811. The molecule has 2 aliphatic rings. The van der Waals surface area contributed by atoms with Crippen LogP contribution in [0, 0.1) is 5.82 Å². The molecular formula is C17H18FN5O2. The van der Waals surface area contributed by atoms with Crippen molar-refractivity contribution in [1.82, 2.24) is 25.2 Å². The zero-order chi connectivity index (χ0) is 17.4. The summed E-state index contributed by atoms with van der Waals surface area (Å²) in [5.41, 5.74) is 0.421. The zero-order valence-corrected chi connectivity index (χ0v) is 13.6. The topological polar surface area (TPSA) is 80.1 Å². The fourth-order valence-electron chi connectivity index (χ4n) is 3.57. The Kier molecular flexibility index (Phi) is 3.74. The zero-order valence-electron chi connectivity index (χ0n) is 13.6. The second-order valence-corrected chi connectivity index (χ2v) is 6.60. The smallest absolute Gasteiger partial charge is 0.323 e. The lowest BCUT2D eigenvalue weighted by molar-refractivity contribution is -0.132. The van der Waals surface area contributed by atoms with Crippen LogP contribution in [0.4, 0.5) is 9.18 Å². The summed E-state index contributed by atoms with van der Waals surface area (Å²) >= 11 is 0. The van der Waals surface area contributed by atoms with Crippen molar-refractivity contribution in [3.63, 3.8) is 0 Å². The van der Waals surface area contributed by atoms with Crippen molar-refractivity contribution >= 4 is 11.9 Å². The van der Waals surface area contributed by atoms with Gasteiger partial charge in [-0.15, -0.1) is 5.10 Å². The Morgan fingerprint density at radius 1 is 1.12 bits per heavy atom. The van der Waals surface area contributed by atoms with Gasteiger partial charge >= 0.3 is 6.03 Å². The Morgan fingerprint density at radius 3 is 2.56 bits per heavy atom. The van der Waals surface area contributed by atoms with Crippen LogP contribution in [0.2, 0.25) is 0 Å². The van der Waals surface area contributed by atoms with E-state index in [1.807, 2.05) is 0 Å². The van der Waals surface area contributed by atoms with Crippen LogP contribution in [0.1, 0.15) is 37.8 Å². The largest absolute Gasteiger partial charge is 0.325 e. The van der Waals surface area contributed by atoms with Crippen LogP contribution in [0.3, 0.4) is 0 Å². The number of carbonyl (C=O) groups excluding carboxylic acids is 2. The van der Waals surface area contributed by atoms with Crippen LogP contribution in [-0.2, 0) is 11.3 Å². The quantitative estimate of drug-likeness (QED) is 0.866. The molecule has 1 N–H and O–H groups in total. The van der Waals surface area contributed by atoms with Crippen LogP contribution in [0.5, 0.6) is 0 Å². The SMILES string of the molecule is O=C1NC2(CCCCC2)C(=O)N1Cc1cn(-c2ccc(F)cc2)nn1. The van der Waals surface area contributed by atoms with E-state index in [2.05, 4.69) is 15.6 Å². The van der Waals surface area contributed by atoms with Gasteiger partial charge in [0, 0.05) is 0 Å². The number of carbonyl (C=O) groups is 2. The molecule has 0 radical (unpaired) electrons. The van der Waals surface area contributed by atoms with E-state index in [9.17, 15) is 14.0 Å². The third-order valence-electron chi connectivity index (χ3n) is 4.91. The molecule has 2 aromatic rings. The van der Waals surface area contributed by atoms with Crippen molar-refractivity contribution in [2.45, 2.75) is 44.2 Å². The molecule has 0 atom stereocenters. The number of aromatic nitrogens is 3. The molecule has 0 unspecified atom stereocenters. The molecule has 1 saturated heterocycles. The molecule has 4 rings (SSSR count). The fraction of sp³-hybridized carbons (Fsp3) is 0.412. The van der Waals surface area contributed by atoms with E-state index >= 15 is 0 Å². The molecule has 25 heavy (non-hydrogen) atoms. The molecule has 0 bridgehead atoms. The average Bonchev–Trinajstić information content (AvgIpc) is 3.16. The van der Waals surface area contributed by atoms with E-state index in [-0.39, 0.29) is 24.3 Å². The van der Waals surface area contributed by atoms with Crippen LogP contribution >= 0.6 is 0 Å². The summed E-state index contributed by atoms with van der Waals surface area (Å²) in [6.07, 6.45) is 6.00. The lowest BCUT2D eigenvalue weighted by atomic mass is 9.82. The highest BCUT2D eigenvalue weighted by Gasteiger charge is 2.51. The highest BCUT2D eigenvalue weighted by molar-refractivity contribution is 6.07. The van der Waals surface area contributed by atoms with Gasteiger partial charge in [-0.3, -0.25) is 9.69 Å². The van der Waals surface area contributed by atoms with Gasteiger partial charge in [-0.1, -0.05) is 24.5 Å². The van der Waals surface area contributed by atoms with Crippen LogP contribution in [0.25, 0.3) is 5.69 Å². The number of rotatable bonds is 3. The number of benzene rings is 1. The maximum absolute atomic E-state index is 13.0. The second kappa shape index (κ2) is 5.94. The van der Waals surface area contributed by atoms with Crippen molar-refractivity contribution < 1.29 is 14.0 Å². The number of urea groups is 1. The Balaban J connectivity index is 1.51. The molecule has 2 heterocycles. The first-order valence-corrected chi connectivity index (χ1v) is 8.39. The monoisotopic (exact) mass is 343 g/mol. The lowest BCUT2D eigenvalue weighted by Gasteiger charge is -2.30. The van der Waals surface area contributed by atoms with Gasteiger partial charge in [0.1, 0.15) is 17.1 Å². The molecule has 1 saturated carbocycles. The van der Waals surface area contributed by atoms with Gasteiger partial charge < -0.3 is 5.32 Å². The minimum atomic E-state index is -0.734. The molecule has 130 valence electrons. The molecule has 1 aromatic heterocycles. The predicted octanol–water partition coefficient (Wildman–Crippen LogP) is 2.16. The Labute approximate surface area is 143 Å². The van der Waals surface area contributed by atoms with E-state index in [1.165, 1.54) is 21.7 Å². The van der Waals surface area contributed by atoms with Crippen molar-refractivity contribution in [3.05, 3.63) is 42.0 Å². The molecule has 1 spiro atoms. The first kappa shape index (κ1) is 15.7. The maximum atomic E-state index is 13.0. The molecule has 8 heteroatoms. The number of hydrogen-bond acceptors (Lipinski definition) is 4. The summed E-state index contributed by atoms with van der Waals surface area (Å²) < 4.78 is 14.5. The summed E-state index contributed by atoms with van der Waals surface area (Å²) in [4.78, 5) is 26.2. The highest BCUT2D eigenvalue weighted by atomic mass is 19.1. The summed E-state index contributed by atoms with van der Waals surface area (Å²) in [6, 6.07) is 5.46. The normalized spacial score (nSPS) is 19.5. The Hall–Kier alpha value is -2.77. The third-order valence-corrected chi connectivity index (χ3v) is 4.91. The van der Waals surface area contributed by atoms with Gasteiger partial charge in [0.05, 0.1) is 18.4 Å². The van der Waals surface area contributed by atoms with E-state index in [0.717, 1.165) is 19.3 Å². The number of hydrogen-bond donors (Lipinski definition) is 1. The highest BCUT2D eigenvalue weighted by Crippen LogP contribution is 2.34. The summed E-state index contributed by atoms with van der Waals surface area (Å²) in [5, 5.41) is 10.9. The average molecular weight is 343 g/mol. The summed E-state index contributed by atoms with van der Waals surface area (Å²) in [7, 11) is 0. The van der Waals surface area contributed by atoms with Gasteiger partial charge in [-0.05, 0) is 37.1 Å². The van der Waals surface area contributed by atoms with Gasteiger partial charge in [0.15, 0.2) is 0 Å². The molecule has 3 amide bonds.